The van der Waals surface area contributed by atoms with E-state index >= 15 is 0 Å². The quantitative estimate of drug-likeness (QED) is 0.0181. The van der Waals surface area contributed by atoms with Crippen molar-refractivity contribution < 1.29 is 93.5 Å². The van der Waals surface area contributed by atoms with Gasteiger partial charge in [0, 0.05) is 25.7 Å². The molecule has 25 nitrogen and oxygen atoms in total. The molecule has 0 spiro atoms. The number of amides is 4. The van der Waals surface area contributed by atoms with Gasteiger partial charge in [0.25, 0.3) is 0 Å². The predicted octanol–water partition coefficient (Wildman–Crippen LogP) is -2.53. The van der Waals surface area contributed by atoms with E-state index < -0.39 is 64.0 Å². The minimum absolute atomic E-state index is 0.0236. The first-order chi connectivity index (χ1) is 29.8. The van der Waals surface area contributed by atoms with Gasteiger partial charge in [0.15, 0.2) is 0 Å². The van der Waals surface area contributed by atoms with Crippen LogP contribution in [-0.2, 0) is 59.7 Å². The third kappa shape index (κ3) is 34.6. The molecule has 0 aliphatic carbocycles. The molecule has 66 heavy (non-hydrogen) atoms. The van der Waals surface area contributed by atoms with Gasteiger partial charge in [0.2, 0.25) is 47.1 Å². The number of carbonyl (C=O) groups excluding carboxylic acids is 4. The summed E-state index contributed by atoms with van der Waals surface area (Å²) in [5.74, 6) is -3.76. The average Bonchev–Trinajstić information content (AvgIpc) is 3.10. The second kappa shape index (κ2) is 27.5. The molecule has 0 aromatic carbocycles. The Morgan fingerprint density at radius 3 is 0.818 bits per heavy atom. The zero-order valence-corrected chi connectivity index (χ0v) is 43.5. The molecular formula is C37H82N9O16S4+5. The van der Waals surface area contributed by atoms with Crippen molar-refractivity contribution in [2.45, 2.75) is 58.3 Å². The fraction of sp³-hybridized carbons (Fsp3) is 0.892. The van der Waals surface area contributed by atoms with Crippen molar-refractivity contribution >= 4 is 64.1 Å². The van der Waals surface area contributed by atoms with Gasteiger partial charge in [-0.1, -0.05) is 0 Å². The topological polar surface area (TPSA) is 334 Å². The number of unbranched alkanes of at least 4 members (excludes halogenated alkanes) is 2. The highest BCUT2D eigenvalue weighted by Crippen LogP contribution is 2.11. The predicted molar refractivity (Wildman–Crippen MR) is 247 cm³/mol. The molecule has 3 unspecified atom stereocenters. The van der Waals surface area contributed by atoms with Crippen LogP contribution in [-0.4, -0.2) is 256 Å². The summed E-state index contributed by atoms with van der Waals surface area (Å²) in [5.41, 5.74) is 0. The van der Waals surface area contributed by atoms with Crippen LogP contribution in [0.25, 0.3) is 0 Å². The summed E-state index contributed by atoms with van der Waals surface area (Å²) >= 11 is 0. The molecule has 0 heterocycles. The number of hydrogen-bond donors (Lipinski definition) is 8. The molecule has 0 bridgehead atoms. The molecule has 390 valence electrons. The van der Waals surface area contributed by atoms with Gasteiger partial charge < -0.3 is 43.7 Å². The fourth-order valence-corrected chi connectivity index (χ4v) is 11.1. The van der Waals surface area contributed by atoms with E-state index in [-0.39, 0.29) is 133 Å². The Balaban J connectivity index is 4.73. The molecule has 0 saturated carbocycles. The summed E-state index contributed by atoms with van der Waals surface area (Å²) in [7, 11) is -5.55. The fourth-order valence-electron chi connectivity index (χ4n) is 6.95. The molecule has 0 aliphatic rings. The van der Waals surface area contributed by atoms with Crippen LogP contribution in [0.4, 0.5) is 0 Å². The van der Waals surface area contributed by atoms with E-state index in [2.05, 4.69) is 21.3 Å². The summed E-state index contributed by atoms with van der Waals surface area (Å²) in [6.45, 7) is 5.10. The SMILES string of the molecule is CC[N+](C)(C)CC[N+](C)(CCNC(=O)CCCCC(=O)NCC[N+](C)(CCNC(=O)CCCCC(=O)NCC[N+](C)(CC[N+](C)(C)CS(=O)(=O)O)CS(=O)(=O)O)CS(=O)(=O)O)CS(=O)(=O)O. The lowest BCUT2D eigenvalue weighted by Gasteiger charge is -2.37. The van der Waals surface area contributed by atoms with Crippen LogP contribution in [0.1, 0.15) is 58.3 Å². The van der Waals surface area contributed by atoms with Gasteiger partial charge >= 0.3 is 40.5 Å². The van der Waals surface area contributed by atoms with Gasteiger partial charge in [0.05, 0.1) is 108 Å². The van der Waals surface area contributed by atoms with Crippen LogP contribution in [0.2, 0.25) is 0 Å². The zero-order chi connectivity index (χ0) is 51.3. The van der Waals surface area contributed by atoms with Gasteiger partial charge in [-0.05, 0) is 32.6 Å². The second-order valence-corrected chi connectivity index (χ2v) is 25.2. The first-order valence-electron chi connectivity index (χ1n) is 21.8. The van der Waals surface area contributed by atoms with Crippen LogP contribution >= 0.6 is 0 Å². The Morgan fingerprint density at radius 2 is 0.591 bits per heavy atom. The number of hydrogen-bond acceptors (Lipinski definition) is 12. The van der Waals surface area contributed by atoms with Crippen molar-refractivity contribution in [1.82, 2.24) is 21.3 Å². The van der Waals surface area contributed by atoms with Crippen molar-refractivity contribution in [2.24, 2.45) is 0 Å². The molecule has 0 aromatic rings. The lowest BCUT2D eigenvalue weighted by Crippen LogP contribution is -2.57. The number of nitrogens with one attached hydrogen (secondary N) is 4. The van der Waals surface area contributed by atoms with E-state index in [4.69, 9.17) is 0 Å². The lowest BCUT2D eigenvalue weighted by atomic mass is 10.2. The second-order valence-electron chi connectivity index (χ2n) is 19.5. The molecule has 0 fully saturated rings. The van der Waals surface area contributed by atoms with Crippen molar-refractivity contribution in [1.29, 1.82) is 0 Å². The summed E-state index contributed by atoms with van der Waals surface area (Å²) in [6.07, 6.45) is 1.79. The monoisotopic (exact) mass is 1040 g/mol. The smallest absolute Gasteiger partial charge is 0.316 e. The Morgan fingerprint density at radius 1 is 0.364 bits per heavy atom. The van der Waals surface area contributed by atoms with Crippen LogP contribution < -0.4 is 21.3 Å². The van der Waals surface area contributed by atoms with Crippen LogP contribution in [0.3, 0.4) is 0 Å². The van der Waals surface area contributed by atoms with Gasteiger partial charge in [-0.25, -0.2) is 0 Å². The summed E-state index contributed by atoms with van der Waals surface area (Å²) in [6, 6.07) is 0. The van der Waals surface area contributed by atoms with E-state index in [1.54, 1.807) is 14.1 Å². The van der Waals surface area contributed by atoms with Crippen molar-refractivity contribution in [2.75, 3.05) is 158 Å². The Kier molecular flexibility index (Phi) is 26.4. The Bertz CT molecular complexity index is 2030. The number of nitrogens with zero attached hydrogens (tertiary/aromatic N) is 5. The van der Waals surface area contributed by atoms with Gasteiger partial charge in [0.1, 0.15) is 26.2 Å². The van der Waals surface area contributed by atoms with E-state index in [1.807, 2.05) is 21.0 Å². The zero-order valence-electron chi connectivity index (χ0n) is 40.2. The molecule has 0 aliphatic heterocycles. The Hall–Kier alpha value is -2.68. The van der Waals surface area contributed by atoms with E-state index in [0.717, 1.165) is 6.54 Å². The highest BCUT2D eigenvalue weighted by molar-refractivity contribution is 7.86. The molecule has 0 rings (SSSR count). The van der Waals surface area contributed by atoms with E-state index in [9.17, 15) is 71.1 Å². The largest absolute Gasteiger partial charge is 0.350 e. The molecular weight excluding hydrogens is 955 g/mol. The first kappa shape index (κ1) is 63.3. The van der Waals surface area contributed by atoms with E-state index in [0.29, 0.717) is 43.3 Å². The maximum absolute atomic E-state index is 12.5. The molecule has 8 N–H and O–H groups in total. The maximum atomic E-state index is 12.5. The third-order valence-electron chi connectivity index (χ3n) is 11.3. The number of rotatable bonds is 37. The molecule has 0 saturated heterocycles. The first-order valence-corrected chi connectivity index (χ1v) is 28.2. The normalized spacial score (nSPS) is 15.8. The summed E-state index contributed by atoms with van der Waals surface area (Å²) < 4.78 is 131. The lowest BCUT2D eigenvalue weighted by molar-refractivity contribution is -0.948. The number of quaternary nitrogens is 5. The molecule has 3 atom stereocenters. The van der Waals surface area contributed by atoms with Gasteiger partial charge in [-0.2, -0.15) is 33.7 Å². The van der Waals surface area contributed by atoms with Crippen LogP contribution in [0.5, 0.6) is 0 Å². The van der Waals surface area contributed by atoms with E-state index in [1.165, 1.54) is 21.1 Å². The standard InChI is InChI=1S/C37H77N9O16S4/c1-9-42(2,3)26-28-45(7,32-65(57,58)59)24-20-40-36(49)16-12-10-14-34(47)38-18-22-44(6,31-64(54,55)56)23-19-39-35(48)15-11-13-17-37(50)41-21-25-46(8,33-66(60,61)62)29-27-43(4,5)30-63(51,52)53/h9-33H2,1-8H3,(H3-5,38,39,40,41,47,48,49,50,51,52,53,54,55,56,57,58,59,60,61,62)/p+5. The molecule has 29 heteroatoms. The van der Waals surface area contributed by atoms with Crippen LogP contribution in [0.15, 0.2) is 0 Å². The Labute approximate surface area is 393 Å². The van der Waals surface area contributed by atoms with Crippen LogP contribution in [0, 0.1) is 0 Å². The number of likely N-dealkylation sites (N-methyl/N-ethyl adjacent to an activating group) is 5. The summed E-state index contributed by atoms with van der Waals surface area (Å²) in [5, 5.41) is 10.9. The molecule has 0 aromatic heterocycles. The minimum atomic E-state index is -4.44. The number of carbonyl (C=O) groups is 4. The van der Waals surface area contributed by atoms with Gasteiger partial charge in [-0.3, -0.25) is 37.4 Å². The maximum Gasteiger partial charge on any atom is 0.316 e. The summed E-state index contributed by atoms with van der Waals surface area (Å²) in [4.78, 5) is 49.9. The average molecular weight is 1040 g/mol. The molecule has 4 amide bonds. The highest BCUT2D eigenvalue weighted by atomic mass is 32.2. The third-order valence-corrected chi connectivity index (χ3v) is 15.2. The van der Waals surface area contributed by atoms with Crippen molar-refractivity contribution in [3.8, 4) is 0 Å². The highest BCUT2D eigenvalue weighted by Gasteiger charge is 2.34. The van der Waals surface area contributed by atoms with Crippen molar-refractivity contribution in [3.05, 3.63) is 0 Å². The minimum Gasteiger partial charge on any atom is -0.350 e. The van der Waals surface area contributed by atoms with Gasteiger partial charge in [-0.15, -0.1) is 0 Å². The molecule has 0 radical (unpaired) electrons. The van der Waals surface area contributed by atoms with Crippen molar-refractivity contribution in [3.63, 3.8) is 0 Å².